The minimum Gasteiger partial charge on any atom is -0.349 e. The first-order valence-corrected chi connectivity index (χ1v) is 11.8. The molecule has 0 heterocycles. The maximum absolute atomic E-state index is 12.5. The van der Waals surface area contributed by atoms with Crippen molar-refractivity contribution in [2.75, 3.05) is 10.0 Å². The predicted octanol–water partition coefficient (Wildman–Crippen LogP) is 4.29. The Morgan fingerprint density at radius 3 is 2.12 bits per heavy atom. The molecule has 1 saturated carbocycles. The van der Waals surface area contributed by atoms with Gasteiger partial charge in [-0.1, -0.05) is 29.8 Å². The molecule has 1 fully saturated rings. The lowest BCUT2D eigenvalue weighted by Gasteiger charge is -2.10. The fraction of sp³-hybridized carbons (Fsp3) is 0.130. The number of carbonyl (C=O) groups is 2. The van der Waals surface area contributed by atoms with Gasteiger partial charge in [0, 0.05) is 23.0 Å². The van der Waals surface area contributed by atoms with E-state index in [1.54, 1.807) is 30.3 Å². The van der Waals surface area contributed by atoms with Gasteiger partial charge < -0.3 is 10.6 Å². The van der Waals surface area contributed by atoms with Crippen molar-refractivity contribution in [3.63, 3.8) is 0 Å². The van der Waals surface area contributed by atoms with Crippen molar-refractivity contribution < 1.29 is 18.0 Å². The number of anilines is 2. The normalized spacial score (nSPS) is 13.3. The smallest absolute Gasteiger partial charge is 0.261 e. The lowest BCUT2D eigenvalue weighted by atomic mass is 10.1. The monoisotopic (exact) mass is 469 g/mol. The molecule has 164 valence electrons. The standard InChI is InChI=1S/C23H20ClN3O4S/c24-21-14-18(12-13-20(21)23(29)25-16-10-11-16)26-22(28)15-6-8-17(9-7-15)27-32(30,31)19-4-2-1-3-5-19/h1-9,12-14,16,27H,10-11H2,(H,25,29)(H,26,28). The van der Waals surface area contributed by atoms with Crippen LogP contribution in [-0.4, -0.2) is 26.3 Å². The molecule has 1 aliphatic rings. The molecule has 0 atom stereocenters. The largest absolute Gasteiger partial charge is 0.349 e. The van der Waals surface area contributed by atoms with E-state index in [0.29, 0.717) is 22.5 Å². The zero-order valence-corrected chi connectivity index (χ0v) is 18.4. The van der Waals surface area contributed by atoms with E-state index in [4.69, 9.17) is 11.6 Å². The van der Waals surface area contributed by atoms with Gasteiger partial charge >= 0.3 is 0 Å². The van der Waals surface area contributed by atoms with Crippen LogP contribution in [0.5, 0.6) is 0 Å². The summed E-state index contributed by atoms with van der Waals surface area (Å²) in [5, 5.41) is 5.83. The van der Waals surface area contributed by atoms with Crippen LogP contribution in [0, 0.1) is 0 Å². The maximum Gasteiger partial charge on any atom is 0.261 e. The van der Waals surface area contributed by atoms with E-state index in [0.717, 1.165) is 12.8 Å². The highest BCUT2D eigenvalue weighted by Crippen LogP contribution is 2.24. The Morgan fingerprint density at radius 1 is 0.844 bits per heavy atom. The lowest BCUT2D eigenvalue weighted by molar-refractivity contribution is 0.0950. The molecule has 1 aliphatic carbocycles. The number of nitrogens with one attached hydrogen (secondary N) is 3. The van der Waals surface area contributed by atoms with E-state index in [9.17, 15) is 18.0 Å². The summed E-state index contributed by atoms with van der Waals surface area (Å²) < 4.78 is 27.3. The number of sulfonamides is 1. The second-order valence-corrected chi connectivity index (χ2v) is 9.48. The Labute approximate surface area is 190 Å². The fourth-order valence-electron chi connectivity index (χ4n) is 2.97. The number of halogens is 1. The minimum atomic E-state index is -3.71. The first-order chi connectivity index (χ1) is 15.3. The van der Waals surface area contributed by atoms with Gasteiger partial charge in [0.2, 0.25) is 0 Å². The first kappa shape index (κ1) is 21.9. The highest BCUT2D eigenvalue weighted by Gasteiger charge is 2.24. The zero-order valence-electron chi connectivity index (χ0n) is 16.8. The van der Waals surface area contributed by atoms with Gasteiger partial charge in [0.1, 0.15) is 0 Å². The van der Waals surface area contributed by atoms with Crippen LogP contribution in [0.1, 0.15) is 33.6 Å². The topological polar surface area (TPSA) is 104 Å². The fourth-order valence-corrected chi connectivity index (χ4v) is 4.32. The van der Waals surface area contributed by atoms with Crippen molar-refractivity contribution in [3.8, 4) is 0 Å². The number of benzene rings is 3. The lowest BCUT2D eigenvalue weighted by Crippen LogP contribution is -2.25. The summed E-state index contributed by atoms with van der Waals surface area (Å²) in [5.41, 5.74) is 1.46. The SMILES string of the molecule is O=C(Nc1ccc(C(=O)NC2CC2)c(Cl)c1)c1ccc(NS(=O)(=O)c2ccccc2)cc1. The van der Waals surface area contributed by atoms with Crippen LogP contribution in [0.15, 0.2) is 77.7 Å². The molecular weight excluding hydrogens is 450 g/mol. The average Bonchev–Trinajstić information content (AvgIpc) is 3.58. The van der Waals surface area contributed by atoms with Gasteiger partial charge in [-0.05, 0) is 67.4 Å². The summed E-state index contributed by atoms with van der Waals surface area (Å²) >= 11 is 6.21. The molecule has 3 N–H and O–H groups in total. The molecule has 0 saturated heterocycles. The summed E-state index contributed by atoms with van der Waals surface area (Å²) in [6, 6.07) is 19.0. The van der Waals surface area contributed by atoms with Crippen LogP contribution >= 0.6 is 11.6 Å². The maximum atomic E-state index is 12.5. The Kier molecular flexibility index (Phi) is 6.16. The van der Waals surface area contributed by atoms with E-state index in [-0.39, 0.29) is 21.9 Å². The van der Waals surface area contributed by atoms with Crippen molar-refractivity contribution in [3.05, 3.63) is 88.9 Å². The van der Waals surface area contributed by atoms with Gasteiger partial charge in [-0.15, -0.1) is 0 Å². The Hall–Kier alpha value is -3.36. The number of amides is 2. The third-order valence-corrected chi connectivity index (χ3v) is 6.55. The Balaban J connectivity index is 1.40. The van der Waals surface area contributed by atoms with Crippen LogP contribution in [0.2, 0.25) is 5.02 Å². The molecule has 0 spiro atoms. The molecule has 3 aromatic carbocycles. The number of rotatable bonds is 7. The zero-order chi connectivity index (χ0) is 22.7. The average molecular weight is 470 g/mol. The van der Waals surface area contributed by atoms with E-state index in [1.165, 1.54) is 42.5 Å². The summed E-state index contributed by atoms with van der Waals surface area (Å²) in [4.78, 5) is 24.9. The molecular formula is C23H20ClN3O4S. The Morgan fingerprint density at radius 2 is 1.50 bits per heavy atom. The van der Waals surface area contributed by atoms with Crippen LogP contribution in [0.25, 0.3) is 0 Å². The molecule has 0 radical (unpaired) electrons. The number of carbonyl (C=O) groups excluding carboxylic acids is 2. The van der Waals surface area contributed by atoms with Crippen molar-refractivity contribution >= 4 is 44.8 Å². The highest BCUT2D eigenvalue weighted by atomic mass is 35.5. The first-order valence-electron chi connectivity index (χ1n) is 9.91. The second kappa shape index (κ2) is 9.02. The van der Waals surface area contributed by atoms with E-state index in [2.05, 4.69) is 15.4 Å². The summed E-state index contributed by atoms with van der Waals surface area (Å²) in [7, 11) is -3.71. The van der Waals surface area contributed by atoms with Gasteiger partial charge in [0.15, 0.2) is 0 Å². The molecule has 0 bridgehead atoms. The molecule has 4 rings (SSSR count). The van der Waals surface area contributed by atoms with Crippen LogP contribution < -0.4 is 15.4 Å². The summed E-state index contributed by atoms with van der Waals surface area (Å²) in [5.74, 6) is -0.627. The molecule has 2 amide bonds. The van der Waals surface area contributed by atoms with Crippen molar-refractivity contribution in [2.45, 2.75) is 23.8 Å². The van der Waals surface area contributed by atoms with Crippen LogP contribution in [0.3, 0.4) is 0 Å². The quantitative estimate of drug-likeness (QED) is 0.480. The highest BCUT2D eigenvalue weighted by molar-refractivity contribution is 7.92. The molecule has 7 nitrogen and oxygen atoms in total. The third-order valence-electron chi connectivity index (χ3n) is 4.84. The van der Waals surface area contributed by atoms with E-state index in [1.807, 2.05) is 0 Å². The number of hydrogen-bond acceptors (Lipinski definition) is 4. The van der Waals surface area contributed by atoms with E-state index < -0.39 is 15.9 Å². The third kappa shape index (κ3) is 5.27. The summed E-state index contributed by atoms with van der Waals surface area (Å²) in [6.07, 6.45) is 1.95. The van der Waals surface area contributed by atoms with Crippen molar-refractivity contribution in [1.29, 1.82) is 0 Å². The van der Waals surface area contributed by atoms with Crippen LogP contribution in [0.4, 0.5) is 11.4 Å². The van der Waals surface area contributed by atoms with Gasteiger partial charge in [-0.25, -0.2) is 8.42 Å². The Bertz CT molecular complexity index is 1260. The van der Waals surface area contributed by atoms with Gasteiger partial charge in [0.05, 0.1) is 15.5 Å². The van der Waals surface area contributed by atoms with Gasteiger partial charge in [-0.2, -0.15) is 0 Å². The molecule has 32 heavy (non-hydrogen) atoms. The van der Waals surface area contributed by atoms with Crippen LogP contribution in [-0.2, 0) is 10.0 Å². The van der Waals surface area contributed by atoms with Crippen molar-refractivity contribution in [1.82, 2.24) is 5.32 Å². The molecule has 0 aliphatic heterocycles. The number of hydrogen-bond donors (Lipinski definition) is 3. The molecule has 3 aromatic rings. The molecule has 0 unspecified atom stereocenters. The molecule has 9 heteroatoms. The minimum absolute atomic E-state index is 0.146. The summed E-state index contributed by atoms with van der Waals surface area (Å²) in [6.45, 7) is 0. The predicted molar refractivity (Wildman–Crippen MR) is 124 cm³/mol. The second-order valence-electron chi connectivity index (χ2n) is 7.39. The van der Waals surface area contributed by atoms with E-state index >= 15 is 0 Å². The molecule has 0 aromatic heterocycles. The van der Waals surface area contributed by atoms with Gasteiger partial charge in [0.25, 0.3) is 21.8 Å². The van der Waals surface area contributed by atoms with Gasteiger partial charge in [-0.3, -0.25) is 14.3 Å². The van der Waals surface area contributed by atoms with Crippen molar-refractivity contribution in [2.24, 2.45) is 0 Å².